The third-order valence-corrected chi connectivity index (χ3v) is 18.6. The number of hydrogen-bond acceptors (Lipinski definition) is 0. The van der Waals surface area contributed by atoms with Crippen molar-refractivity contribution < 1.29 is 0 Å². The summed E-state index contributed by atoms with van der Waals surface area (Å²) in [5.41, 5.74) is 27.8. The largest absolute Gasteiger partial charge is 0.293 e. The van der Waals surface area contributed by atoms with Crippen molar-refractivity contribution in [2.75, 3.05) is 0 Å². The van der Waals surface area contributed by atoms with Gasteiger partial charge >= 0.3 is 0 Å². The van der Waals surface area contributed by atoms with Gasteiger partial charge in [-0.05, 0) is 237 Å². The van der Waals surface area contributed by atoms with E-state index in [1.165, 1.54) is 61.6 Å². The molecule has 350 valence electrons. The first-order valence-corrected chi connectivity index (χ1v) is 27.0. The summed E-state index contributed by atoms with van der Waals surface area (Å²) < 4.78 is 0. The van der Waals surface area contributed by atoms with Crippen molar-refractivity contribution in [1.82, 2.24) is 0 Å². The van der Waals surface area contributed by atoms with Crippen LogP contribution in [0.5, 0.6) is 0 Å². The number of allylic oxidation sites excluding steroid dienone is 24. The first-order chi connectivity index (χ1) is 32.9. The molecule has 7 atom stereocenters. The Morgan fingerprint density at radius 2 is 1.46 bits per heavy atom. The normalized spacial score (nSPS) is 28.3. The second-order valence-corrected chi connectivity index (χ2v) is 24.4. The summed E-state index contributed by atoms with van der Waals surface area (Å²) in [6.07, 6.45) is 50.4. The van der Waals surface area contributed by atoms with Crippen molar-refractivity contribution in [1.29, 1.82) is 0 Å². The Balaban J connectivity index is 1.04. The highest BCUT2D eigenvalue weighted by Gasteiger charge is 2.44. The van der Waals surface area contributed by atoms with Gasteiger partial charge in [0.1, 0.15) is 0 Å². The van der Waals surface area contributed by atoms with E-state index in [-0.39, 0.29) is 5.41 Å². The molecule has 0 saturated heterocycles. The van der Waals surface area contributed by atoms with Crippen LogP contribution in [-0.2, 0) is 12.8 Å². The summed E-state index contributed by atoms with van der Waals surface area (Å²) in [5.74, 6) is 3.75. The lowest BCUT2D eigenvalue weighted by Crippen LogP contribution is -2.34. The van der Waals surface area contributed by atoms with Gasteiger partial charge in [-0.3, -0.25) is 6.58 Å². The van der Waals surface area contributed by atoms with E-state index in [0.717, 1.165) is 44.9 Å². The summed E-state index contributed by atoms with van der Waals surface area (Å²) in [6.45, 7) is 23.2. The van der Waals surface area contributed by atoms with Gasteiger partial charge in [-0.1, -0.05) is 151 Å². The van der Waals surface area contributed by atoms with Gasteiger partial charge in [-0.2, -0.15) is 6.08 Å². The molecule has 0 heteroatoms. The highest BCUT2D eigenvalue weighted by Crippen LogP contribution is 2.58. The summed E-state index contributed by atoms with van der Waals surface area (Å²) >= 11 is 0. The third-order valence-electron chi connectivity index (χ3n) is 18.6. The van der Waals surface area contributed by atoms with Crippen LogP contribution in [0.25, 0.3) is 22.8 Å². The van der Waals surface area contributed by atoms with Gasteiger partial charge in [0, 0.05) is 0 Å². The minimum atomic E-state index is 0.196. The third kappa shape index (κ3) is 8.28. The average Bonchev–Trinajstić information content (AvgIpc) is 3.36. The van der Waals surface area contributed by atoms with Gasteiger partial charge in [-0.15, -0.1) is 0 Å². The van der Waals surface area contributed by atoms with E-state index in [1.807, 2.05) is 0 Å². The Hall–Kier alpha value is -4.94. The van der Waals surface area contributed by atoms with Crippen molar-refractivity contribution in [2.45, 2.75) is 138 Å². The van der Waals surface area contributed by atoms with E-state index < -0.39 is 0 Å². The fourth-order valence-corrected chi connectivity index (χ4v) is 14.6. The minimum Gasteiger partial charge on any atom is -0.293 e. The van der Waals surface area contributed by atoms with E-state index in [0.29, 0.717) is 46.8 Å². The molecule has 11 rings (SSSR count). The van der Waals surface area contributed by atoms with E-state index in [4.69, 9.17) is 6.58 Å². The lowest BCUT2D eigenvalue weighted by Gasteiger charge is -2.45. The number of rotatable bonds is 7. The van der Waals surface area contributed by atoms with Crippen LogP contribution in [0.1, 0.15) is 148 Å². The van der Waals surface area contributed by atoms with Gasteiger partial charge in [-0.25, -0.2) is 12.2 Å². The van der Waals surface area contributed by atoms with Crippen LogP contribution in [0.2, 0.25) is 0 Å². The predicted octanol–water partition coefficient (Wildman–Crippen LogP) is 18.3. The summed E-state index contributed by atoms with van der Waals surface area (Å²) in [6, 6.07) is 14.1. The molecule has 0 aliphatic heterocycles. The number of hydrogen-bond donors (Lipinski definition) is 0. The fourth-order valence-electron chi connectivity index (χ4n) is 14.6. The highest BCUT2D eigenvalue weighted by atomic mass is 14.5. The molecule has 9 aliphatic carbocycles. The molecular formula is C68H77-. The zero-order chi connectivity index (χ0) is 46.9. The van der Waals surface area contributed by atoms with Crippen LogP contribution >= 0.6 is 0 Å². The zero-order valence-electron chi connectivity index (χ0n) is 42.6. The van der Waals surface area contributed by atoms with Crippen molar-refractivity contribution in [3.63, 3.8) is 0 Å². The number of benzene rings is 2. The molecule has 0 N–H and O–H groups in total. The molecule has 2 aromatic carbocycles. The molecule has 2 aromatic rings. The van der Waals surface area contributed by atoms with E-state index >= 15 is 0 Å². The first kappa shape index (κ1) is 45.5. The Kier molecular flexibility index (Phi) is 12.1. The molecule has 0 spiro atoms. The summed E-state index contributed by atoms with van der Waals surface area (Å²) in [7, 11) is 0. The number of fused-ring (bicyclic) bond motifs is 7. The van der Waals surface area contributed by atoms with E-state index in [1.54, 1.807) is 84.1 Å². The maximum atomic E-state index is 6.03. The Morgan fingerprint density at radius 1 is 0.676 bits per heavy atom. The van der Waals surface area contributed by atoms with Crippen LogP contribution in [0.15, 0.2) is 171 Å². The van der Waals surface area contributed by atoms with Crippen molar-refractivity contribution >= 4 is 11.6 Å². The molecule has 0 radical (unpaired) electrons. The van der Waals surface area contributed by atoms with Crippen LogP contribution in [0.4, 0.5) is 0 Å². The van der Waals surface area contributed by atoms with Gasteiger partial charge in [0.15, 0.2) is 0 Å². The van der Waals surface area contributed by atoms with Crippen molar-refractivity contribution in [3.05, 3.63) is 200 Å². The second-order valence-electron chi connectivity index (χ2n) is 24.4. The fraction of sp³-hybridized carbons (Fsp3) is 0.441. The Morgan fingerprint density at radius 3 is 2.21 bits per heavy atom. The monoisotopic (exact) mass is 894 g/mol. The molecule has 0 amide bonds. The van der Waals surface area contributed by atoms with Crippen molar-refractivity contribution in [2.24, 2.45) is 52.3 Å². The standard InChI is InChI=1S/C68H77/c1-9-10-20-43(2)55-39-63-53-33-29-49(67(3,4)5)37-61(53)57(45-23-16-12-17-24-45)41-64(63)51-31-27-47(35-59(51)55)48-28-32-52-60(36-48)56(44-21-14-11-15-22-44)40-66-54-34-30-50(68(6,7)8)38-62(54)58(42-65(52)66)46-25-18-13-19-26-46/h1,9-12,14-18,20-23,25-26,34-37,40,43,45,50,55,57-58,62H,13,19,24,27-33,38-39,41-42H2,2-8H3/q-1/b20-10-. The summed E-state index contributed by atoms with van der Waals surface area (Å²) in [4.78, 5) is 0. The zero-order valence-corrected chi connectivity index (χ0v) is 42.6. The lowest BCUT2D eigenvalue weighted by molar-refractivity contribution is 0.187. The van der Waals surface area contributed by atoms with Crippen molar-refractivity contribution in [3.8, 4) is 11.1 Å². The molecule has 7 unspecified atom stereocenters. The average molecular weight is 894 g/mol. The molecule has 0 heterocycles. The van der Waals surface area contributed by atoms with E-state index in [9.17, 15) is 0 Å². The van der Waals surface area contributed by atoms with Gasteiger partial charge in [0.25, 0.3) is 0 Å². The SMILES string of the molecule is [CH-]=C/C=C\C(C)C1CC2=C(CC(C3C=CC=CC3)C3=C2CCC(C(C)(C)C)=C3)C2=C1C=C(C1=Cc3c(-c4ccccc4)cc4c(c3CC1)CC(C1=CCCC=C1)C1CC(C(C)(C)C)CC=C41)CC2. The minimum absolute atomic E-state index is 0.196. The van der Waals surface area contributed by atoms with Gasteiger partial charge < -0.3 is 0 Å². The Bertz CT molecular complexity index is 2780. The maximum absolute atomic E-state index is 6.03. The van der Waals surface area contributed by atoms with Crippen LogP contribution in [0, 0.1) is 58.8 Å². The lowest BCUT2D eigenvalue weighted by atomic mass is 9.59. The van der Waals surface area contributed by atoms with Crippen LogP contribution < -0.4 is 0 Å². The molecule has 0 saturated carbocycles. The topological polar surface area (TPSA) is 0 Å². The maximum Gasteiger partial charge on any atom is -0.00524 e. The predicted molar refractivity (Wildman–Crippen MR) is 290 cm³/mol. The molecular weight excluding hydrogens is 817 g/mol. The van der Waals surface area contributed by atoms with Gasteiger partial charge in [0.2, 0.25) is 0 Å². The van der Waals surface area contributed by atoms with Crippen LogP contribution in [-0.4, -0.2) is 0 Å². The smallest absolute Gasteiger partial charge is 0.00524 e. The van der Waals surface area contributed by atoms with Crippen LogP contribution in [0.3, 0.4) is 0 Å². The second kappa shape index (κ2) is 18.1. The molecule has 0 nitrogen and oxygen atoms in total. The van der Waals surface area contributed by atoms with E-state index in [2.05, 4.69) is 164 Å². The molecule has 68 heavy (non-hydrogen) atoms. The molecule has 0 fully saturated rings. The summed E-state index contributed by atoms with van der Waals surface area (Å²) in [5, 5.41) is 0. The first-order valence-electron chi connectivity index (χ1n) is 27.0. The van der Waals surface area contributed by atoms with Gasteiger partial charge in [0.05, 0.1) is 0 Å². The molecule has 0 bridgehead atoms. The quantitative estimate of drug-likeness (QED) is 0.192. The Labute approximate surface area is 411 Å². The molecule has 0 aromatic heterocycles. The molecule has 9 aliphatic rings. The highest BCUT2D eigenvalue weighted by molar-refractivity contribution is 5.87.